The van der Waals surface area contributed by atoms with E-state index in [1.54, 1.807) is 11.8 Å². The van der Waals surface area contributed by atoms with Gasteiger partial charge in [-0.2, -0.15) is 9.67 Å². The fraction of sp³-hybridized carbons (Fsp3) is 0.429. The molecular formula is C14H19N5O2. The van der Waals surface area contributed by atoms with Crippen molar-refractivity contribution in [1.82, 2.24) is 14.8 Å². The average molecular weight is 289 g/mol. The summed E-state index contributed by atoms with van der Waals surface area (Å²) in [7, 11) is 1.62. The van der Waals surface area contributed by atoms with Crippen LogP contribution in [0.15, 0.2) is 24.3 Å². The van der Waals surface area contributed by atoms with Crippen molar-refractivity contribution in [3.63, 3.8) is 0 Å². The summed E-state index contributed by atoms with van der Waals surface area (Å²) in [5, 5.41) is 7.54. The van der Waals surface area contributed by atoms with E-state index in [1.165, 1.54) is 0 Å². The zero-order valence-corrected chi connectivity index (χ0v) is 12.0. The van der Waals surface area contributed by atoms with Crippen LogP contribution in [0.2, 0.25) is 0 Å². The van der Waals surface area contributed by atoms with Gasteiger partial charge in [-0.05, 0) is 25.0 Å². The fourth-order valence-electron chi connectivity index (χ4n) is 2.34. The lowest BCUT2D eigenvalue weighted by molar-refractivity contribution is 0.120. The predicted octanol–water partition coefficient (Wildman–Crippen LogP) is 1.45. The summed E-state index contributed by atoms with van der Waals surface area (Å²) < 4.78 is 12.3. The second-order valence-corrected chi connectivity index (χ2v) is 4.92. The third kappa shape index (κ3) is 3.08. The van der Waals surface area contributed by atoms with Crippen molar-refractivity contribution in [2.24, 2.45) is 0 Å². The smallest absolute Gasteiger partial charge is 0.244 e. The summed E-state index contributed by atoms with van der Waals surface area (Å²) >= 11 is 0. The molecule has 7 nitrogen and oxygen atoms in total. The highest BCUT2D eigenvalue weighted by molar-refractivity contribution is 5.45. The first-order valence-electron chi connectivity index (χ1n) is 6.98. The van der Waals surface area contributed by atoms with E-state index in [2.05, 4.69) is 15.4 Å². The standard InChI is InChI=1S/C14H19N5O2/c1-20-11-5-2-4-10(8-11)19-13(15)17-14(18-19)16-9-12-6-3-7-21-12/h2,4-5,8,12H,3,6-7,9H2,1H3,(H3,15,16,17,18). The third-order valence-corrected chi connectivity index (χ3v) is 3.44. The van der Waals surface area contributed by atoms with Crippen LogP contribution in [0.25, 0.3) is 5.69 Å². The van der Waals surface area contributed by atoms with Crippen molar-refractivity contribution in [2.75, 3.05) is 31.3 Å². The van der Waals surface area contributed by atoms with E-state index in [1.807, 2.05) is 24.3 Å². The van der Waals surface area contributed by atoms with E-state index < -0.39 is 0 Å². The SMILES string of the molecule is COc1cccc(-n2nc(NCC3CCCO3)nc2N)c1. The lowest BCUT2D eigenvalue weighted by Gasteiger charge is -2.08. The van der Waals surface area contributed by atoms with Gasteiger partial charge in [0.05, 0.1) is 18.9 Å². The Morgan fingerprint density at radius 1 is 1.52 bits per heavy atom. The van der Waals surface area contributed by atoms with Gasteiger partial charge >= 0.3 is 0 Å². The molecule has 2 heterocycles. The van der Waals surface area contributed by atoms with Gasteiger partial charge < -0.3 is 20.5 Å². The van der Waals surface area contributed by atoms with Crippen LogP contribution in [-0.4, -0.2) is 41.1 Å². The predicted molar refractivity (Wildman–Crippen MR) is 79.8 cm³/mol. The molecule has 112 valence electrons. The largest absolute Gasteiger partial charge is 0.497 e. The third-order valence-electron chi connectivity index (χ3n) is 3.44. The van der Waals surface area contributed by atoms with Crippen LogP contribution < -0.4 is 15.8 Å². The Hall–Kier alpha value is -2.28. The van der Waals surface area contributed by atoms with Crippen LogP contribution >= 0.6 is 0 Å². The normalized spacial score (nSPS) is 17.9. The highest BCUT2D eigenvalue weighted by Gasteiger charge is 2.16. The van der Waals surface area contributed by atoms with Crippen LogP contribution in [0.1, 0.15) is 12.8 Å². The first-order valence-corrected chi connectivity index (χ1v) is 6.98. The van der Waals surface area contributed by atoms with Gasteiger partial charge in [0.2, 0.25) is 11.9 Å². The molecule has 1 atom stereocenters. The Morgan fingerprint density at radius 2 is 2.43 bits per heavy atom. The summed E-state index contributed by atoms with van der Waals surface area (Å²) in [5.74, 6) is 1.58. The zero-order valence-electron chi connectivity index (χ0n) is 12.0. The van der Waals surface area contributed by atoms with E-state index in [0.717, 1.165) is 30.9 Å². The molecule has 1 aromatic heterocycles. The summed E-state index contributed by atoms with van der Waals surface area (Å²) in [4.78, 5) is 4.23. The molecule has 0 bridgehead atoms. The minimum atomic E-state index is 0.231. The second-order valence-electron chi connectivity index (χ2n) is 4.92. The monoisotopic (exact) mass is 289 g/mol. The minimum absolute atomic E-state index is 0.231. The first kappa shape index (κ1) is 13.7. The summed E-state index contributed by atoms with van der Waals surface area (Å²) in [5.41, 5.74) is 6.74. The number of hydrogen-bond donors (Lipinski definition) is 2. The molecule has 1 aliphatic rings. The van der Waals surface area contributed by atoms with Gasteiger partial charge in [0.15, 0.2) is 0 Å². The van der Waals surface area contributed by atoms with Gasteiger partial charge in [0.1, 0.15) is 5.75 Å². The molecule has 3 N–H and O–H groups in total. The van der Waals surface area contributed by atoms with Crippen molar-refractivity contribution >= 4 is 11.9 Å². The quantitative estimate of drug-likeness (QED) is 0.866. The number of aromatic nitrogens is 3. The lowest BCUT2D eigenvalue weighted by Crippen LogP contribution is -2.19. The van der Waals surface area contributed by atoms with Gasteiger partial charge in [-0.1, -0.05) is 6.07 Å². The molecule has 1 saturated heterocycles. The number of hydrogen-bond acceptors (Lipinski definition) is 6. The molecule has 1 unspecified atom stereocenters. The zero-order chi connectivity index (χ0) is 14.7. The lowest BCUT2D eigenvalue weighted by atomic mass is 10.2. The number of rotatable bonds is 5. The fourth-order valence-corrected chi connectivity index (χ4v) is 2.34. The molecule has 3 rings (SSSR count). The Morgan fingerprint density at radius 3 is 3.19 bits per heavy atom. The first-order chi connectivity index (χ1) is 10.3. The molecule has 0 saturated carbocycles. The van der Waals surface area contributed by atoms with Crippen molar-refractivity contribution < 1.29 is 9.47 Å². The summed E-state index contributed by atoms with van der Waals surface area (Å²) in [6, 6.07) is 7.51. The van der Waals surface area contributed by atoms with Crippen LogP contribution in [-0.2, 0) is 4.74 Å². The van der Waals surface area contributed by atoms with E-state index in [9.17, 15) is 0 Å². The van der Waals surface area contributed by atoms with Gasteiger partial charge in [0, 0.05) is 19.2 Å². The van der Waals surface area contributed by atoms with Crippen LogP contribution in [0.4, 0.5) is 11.9 Å². The number of nitrogens with two attached hydrogens (primary N) is 1. The molecular weight excluding hydrogens is 270 g/mol. The number of nitrogen functional groups attached to an aromatic ring is 1. The number of ether oxygens (including phenoxy) is 2. The molecule has 21 heavy (non-hydrogen) atoms. The highest BCUT2D eigenvalue weighted by Crippen LogP contribution is 2.19. The van der Waals surface area contributed by atoms with E-state index in [0.29, 0.717) is 18.4 Å². The Labute approximate surface area is 123 Å². The van der Waals surface area contributed by atoms with Crippen molar-refractivity contribution in [2.45, 2.75) is 18.9 Å². The van der Waals surface area contributed by atoms with Crippen LogP contribution in [0.5, 0.6) is 5.75 Å². The molecule has 1 fully saturated rings. The molecule has 0 aliphatic carbocycles. The maximum Gasteiger partial charge on any atom is 0.244 e. The average Bonchev–Trinajstić information content (AvgIpc) is 3.14. The maximum absolute atomic E-state index is 5.93. The summed E-state index contributed by atoms with van der Waals surface area (Å²) in [6.45, 7) is 1.53. The summed E-state index contributed by atoms with van der Waals surface area (Å²) in [6.07, 6.45) is 2.41. The molecule has 0 spiro atoms. The number of nitrogens with one attached hydrogen (secondary N) is 1. The van der Waals surface area contributed by atoms with Crippen molar-refractivity contribution in [3.8, 4) is 11.4 Å². The number of benzene rings is 1. The molecule has 0 radical (unpaired) electrons. The highest BCUT2D eigenvalue weighted by atomic mass is 16.5. The van der Waals surface area contributed by atoms with Gasteiger partial charge in [-0.3, -0.25) is 0 Å². The number of nitrogens with zero attached hydrogens (tertiary/aromatic N) is 3. The number of methoxy groups -OCH3 is 1. The van der Waals surface area contributed by atoms with Gasteiger partial charge in [-0.15, -0.1) is 5.10 Å². The minimum Gasteiger partial charge on any atom is -0.497 e. The van der Waals surface area contributed by atoms with E-state index in [-0.39, 0.29) is 6.10 Å². The molecule has 2 aromatic rings. The number of anilines is 2. The van der Waals surface area contributed by atoms with E-state index in [4.69, 9.17) is 15.2 Å². The maximum atomic E-state index is 5.93. The Kier molecular flexibility index (Phi) is 3.92. The van der Waals surface area contributed by atoms with Crippen LogP contribution in [0.3, 0.4) is 0 Å². The molecule has 0 amide bonds. The van der Waals surface area contributed by atoms with Crippen LogP contribution in [0, 0.1) is 0 Å². The Bertz CT molecular complexity index is 607. The second kappa shape index (κ2) is 6.01. The topological polar surface area (TPSA) is 87.2 Å². The van der Waals surface area contributed by atoms with Gasteiger partial charge in [-0.25, -0.2) is 0 Å². The van der Waals surface area contributed by atoms with E-state index >= 15 is 0 Å². The molecule has 1 aromatic carbocycles. The van der Waals surface area contributed by atoms with Gasteiger partial charge in [0.25, 0.3) is 0 Å². The van der Waals surface area contributed by atoms with Crippen molar-refractivity contribution in [1.29, 1.82) is 0 Å². The van der Waals surface area contributed by atoms with Crippen molar-refractivity contribution in [3.05, 3.63) is 24.3 Å². The Balaban J connectivity index is 1.73. The molecule has 1 aliphatic heterocycles. The molecule has 7 heteroatoms.